The van der Waals surface area contributed by atoms with Gasteiger partial charge in [0, 0.05) is 11.6 Å². The van der Waals surface area contributed by atoms with E-state index in [1.54, 1.807) is 0 Å². The van der Waals surface area contributed by atoms with Crippen molar-refractivity contribution in [2.24, 2.45) is 0 Å². The minimum atomic E-state index is -1.48. The molecule has 1 saturated heterocycles. The number of hydrogen-bond acceptors (Lipinski definition) is 1. The Morgan fingerprint density at radius 3 is 2.75 bits per heavy atom. The number of rotatable bonds is 2. The minimum absolute atomic E-state index is 0.181. The van der Waals surface area contributed by atoms with Crippen molar-refractivity contribution >= 4 is 0 Å². The molecule has 2 atom stereocenters. The zero-order valence-electron chi connectivity index (χ0n) is 8.85. The second-order valence-corrected chi connectivity index (χ2v) is 4.12. The van der Waals surface area contributed by atoms with Gasteiger partial charge in [-0.3, -0.25) is 0 Å². The highest BCUT2D eigenvalue weighted by molar-refractivity contribution is 5.22. The summed E-state index contributed by atoms with van der Waals surface area (Å²) in [7, 11) is 0. The van der Waals surface area contributed by atoms with E-state index in [2.05, 4.69) is 5.32 Å². The highest BCUT2D eigenvalue weighted by atomic mass is 19.1. The summed E-state index contributed by atoms with van der Waals surface area (Å²) in [6, 6.07) is 2.51. The molecule has 2 rings (SSSR count). The number of nitrogens with one attached hydrogen (secondary N) is 1. The monoisotopic (exact) mass is 229 g/mol. The van der Waals surface area contributed by atoms with Crippen molar-refractivity contribution in [1.29, 1.82) is 0 Å². The van der Waals surface area contributed by atoms with Gasteiger partial charge in [-0.1, -0.05) is 6.42 Å². The van der Waals surface area contributed by atoms with Crippen LogP contribution in [-0.2, 0) is 0 Å². The van der Waals surface area contributed by atoms with Crippen molar-refractivity contribution in [3.05, 3.63) is 35.4 Å². The summed E-state index contributed by atoms with van der Waals surface area (Å²) in [5.74, 6) is -1.28. The Balaban J connectivity index is 2.18. The molecule has 0 aliphatic carbocycles. The topological polar surface area (TPSA) is 12.0 Å². The summed E-state index contributed by atoms with van der Waals surface area (Å²) >= 11 is 0. The van der Waals surface area contributed by atoms with Crippen molar-refractivity contribution in [2.75, 3.05) is 6.54 Å². The third kappa shape index (κ3) is 2.38. The molecule has 1 N–H and O–H groups in total. The van der Waals surface area contributed by atoms with Crippen molar-refractivity contribution in [3.8, 4) is 0 Å². The molecule has 1 aliphatic heterocycles. The van der Waals surface area contributed by atoms with Gasteiger partial charge < -0.3 is 5.32 Å². The van der Waals surface area contributed by atoms with Crippen molar-refractivity contribution in [2.45, 2.75) is 31.5 Å². The highest BCUT2D eigenvalue weighted by Crippen LogP contribution is 2.28. The van der Waals surface area contributed by atoms with Crippen LogP contribution in [0.5, 0.6) is 0 Å². The van der Waals surface area contributed by atoms with Crippen LogP contribution in [0.25, 0.3) is 0 Å². The van der Waals surface area contributed by atoms with E-state index in [1.807, 2.05) is 0 Å². The first-order valence-electron chi connectivity index (χ1n) is 5.51. The first kappa shape index (κ1) is 11.5. The van der Waals surface area contributed by atoms with Crippen LogP contribution in [0.3, 0.4) is 0 Å². The number of benzene rings is 1. The predicted molar refractivity (Wildman–Crippen MR) is 55.8 cm³/mol. The summed E-state index contributed by atoms with van der Waals surface area (Å²) < 4.78 is 40.3. The average molecular weight is 229 g/mol. The van der Waals surface area contributed by atoms with Gasteiger partial charge in [0.2, 0.25) is 0 Å². The van der Waals surface area contributed by atoms with Crippen LogP contribution in [-0.4, -0.2) is 12.6 Å². The lowest BCUT2D eigenvalue weighted by molar-refractivity contribution is 0.215. The summed E-state index contributed by atoms with van der Waals surface area (Å²) in [6.45, 7) is 0.738. The Kier molecular flexibility index (Phi) is 3.49. The zero-order chi connectivity index (χ0) is 11.5. The van der Waals surface area contributed by atoms with Crippen molar-refractivity contribution in [1.82, 2.24) is 5.32 Å². The highest BCUT2D eigenvalue weighted by Gasteiger charge is 2.26. The molecule has 0 aromatic heterocycles. The smallest absolute Gasteiger partial charge is 0.143 e. The molecule has 0 spiro atoms. The quantitative estimate of drug-likeness (QED) is 0.821. The fraction of sp³-hybridized carbons (Fsp3) is 0.500. The van der Waals surface area contributed by atoms with E-state index in [1.165, 1.54) is 0 Å². The van der Waals surface area contributed by atoms with Gasteiger partial charge in [0.05, 0.1) is 0 Å². The lowest BCUT2D eigenvalue weighted by Gasteiger charge is -2.26. The fourth-order valence-electron chi connectivity index (χ4n) is 2.07. The maximum atomic E-state index is 14.0. The maximum absolute atomic E-state index is 14.0. The maximum Gasteiger partial charge on any atom is 0.143 e. The lowest BCUT2D eigenvalue weighted by Crippen LogP contribution is -2.37. The van der Waals surface area contributed by atoms with Crippen LogP contribution in [0, 0.1) is 11.6 Å². The van der Waals surface area contributed by atoms with Crippen LogP contribution in [0.1, 0.15) is 31.0 Å². The molecule has 1 fully saturated rings. The third-order valence-corrected chi connectivity index (χ3v) is 2.96. The van der Waals surface area contributed by atoms with E-state index >= 15 is 0 Å². The Bertz CT molecular complexity index is 361. The third-order valence-electron chi connectivity index (χ3n) is 2.96. The lowest BCUT2D eigenvalue weighted by atomic mass is 9.95. The van der Waals surface area contributed by atoms with Crippen LogP contribution in [0.2, 0.25) is 0 Å². The number of hydrogen-bond donors (Lipinski definition) is 1. The van der Waals surface area contributed by atoms with Gasteiger partial charge >= 0.3 is 0 Å². The molecule has 0 amide bonds. The molecule has 0 saturated carbocycles. The molecule has 1 aromatic rings. The molecule has 2 unspecified atom stereocenters. The predicted octanol–water partition coefficient (Wildman–Crippen LogP) is 3.12. The fourth-order valence-corrected chi connectivity index (χ4v) is 2.07. The SMILES string of the molecule is Fc1ccc(F)c(C(F)C2CCCCN2)c1. The second-order valence-electron chi connectivity index (χ2n) is 4.12. The molecule has 16 heavy (non-hydrogen) atoms. The summed E-state index contributed by atoms with van der Waals surface area (Å²) in [4.78, 5) is 0. The molecule has 0 bridgehead atoms. The van der Waals surface area contributed by atoms with Gasteiger partial charge in [0.1, 0.15) is 17.8 Å². The van der Waals surface area contributed by atoms with Gasteiger partial charge in [-0.05, 0) is 37.6 Å². The van der Waals surface area contributed by atoms with Gasteiger partial charge in [0.15, 0.2) is 0 Å². The van der Waals surface area contributed by atoms with E-state index in [0.29, 0.717) is 6.42 Å². The molecule has 1 aromatic carbocycles. The van der Waals surface area contributed by atoms with Gasteiger partial charge in [-0.2, -0.15) is 0 Å². The number of alkyl halides is 1. The van der Waals surface area contributed by atoms with Gasteiger partial charge in [-0.15, -0.1) is 0 Å². The Labute approximate surface area is 92.7 Å². The minimum Gasteiger partial charge on any atom is -0.311 e. The molecule has 88 valence electrons. The van der Waals surface area contributed by atoms with E-state index in [-0.39, 0.29) is 5.56 Å². The summed E-state index contributed by atoms with van der Waals surface area (Å²) in [5, 5.41) is 3.00. The normalized spacial score (nSPS) is 23.1. The van der Waals surface area contributed by atoms with E-state index in [4.69, 9.17) is 0 Å². The molecular formula is C12H14F3N. The Morgan fingerprint density at radius 2 is 2.06 bits per heavy atom. The molecule has 1 aliphatic rings. The first-order valence-corrected chi connectivity index (χ1v) is 5.51. The van der Waals surface area contributed by atoms with Crippen molar-refractivity contribution < 1.29 is 13.2 Å². The first-order chi connectivity index (χ1) is 7.68. The largest absolute Gasteiger partial charge is 0.311 e. The standard InChI is InChI=1S/C12H14F3N/c13-8-4-5-10(14)9(7-8)12(15)11-3-1-2-6-16-11/h4-5,7,11-12,16H,1-3,6H2. The van der Waals surface area contributed by atoms with Crippen LogP contribution < -0.4 is 5.32 Å². The summed E-state index contributed by atoms with van der Waals surface area (Å²) in [6.07, 6.45) is 1.12. The zero-order valence-corrected chi connectivity index (χ0v) is 8.85. The Hall–Kier alpha value is -1.03. The van der Waals surface area contributed by atoms with Gasteiger partial charge in [0.25, 0.3) is 0 Å². The second kappa shape index (κ2) is 4.87. The van der Waals surface area contributed by atoms with Crippen LogP contribution in [0.15, 0.2) is 18.2 Å². The molecule has 1 nitrogen and oxygen atoms in total. The van der Waals surface area contributed by atoms with Crippen LogP contribution in [0.4, 0.5) is 13.2 Å². The number of halogens is 3. The van der Waals surface area contributed by atoms with E-state index < -0.39 is 23.8 Å². The molecular weight excluding hydrogens is 215 g/mol. The van der Waals surface area contributed by atoms with E-state index in [9.17, 15) is 13.2 Å². The van der Waals surface area contributed by atoms with Gasteiger partial charge in [-0.25, -0.2) is 13.2 Å². The molecule has 1 heterocycles. The number of piperidine rings is 1. The Morgan fingerprint density at radius 1 is 1.25 bits per heavy atom. The van der Waals surface area contributed by atoms with Crippen LogP contribution >= 0.6 is 0 Å². The van der Waals surface area contributed by atoms with Crippen molar-refractivity contribution in [3.63, 3.8) is 0 Å². The van der Waals surface area contributed by atoms with E-state index in [0.717, 1.165) is 37.6 Å². The molecule has 0 radical (unpaired) electrons. The molecule has 4 heteroatoms. The average Bonchev–Trinajstić information content (AvgIpc) is 2.32. The summed E-state index contributed by atoms with van der Waals surface area (Å²) in [5.41, 5.74) is -0.181.